The van der Waals surface area contributed by atoms with Crippen LogP contribution < -0.4 is 5.32 Å². The van der Waals surface area contributed by atoms with E-state index in [1.165, 1.54) is 23.5 Å². The highest BCUT2D eigenvalue weighted by molar-refractivity contribution is 9.10. The normalized spacial score (nSPS) is 11.9. The lowest BCUT2D eigenvalue weighted by atomic mass is 10.1. The molecule has 0 aliphatic carbocycles. The highest BCUT2D eigenvalue weighted by atomic mass is 79.9. The molecule has 0 unspecified atom stereocenters. The van der Waals surface area contributed by atoms with Crippen molar-refractivity contribution in [3.63, 3.8) is 0 Å². The Kier molecular flexibility index (Phi) is 6.33. The van der Waals surface area contributed by atoms with E-state index in [1.807, 2.05) is 0 Å². The number of nitrogens with zero attached hydrogens (tertiary/aromatic N) is 1. The van der Waals surface area contributed by atoms with Crippen molar-refractivity contribution in [2.75, 3.05) is 27.2 Å². The van der Waals surface area contributed by atoms with Gasteiger partial charge in [0.15, 0.2) is 0 Å². The second kappa shape index (κ2) is 7.35. The molecule has 0 saturated heterocycles. The molecule has 0 radical (unpaired) electrons. The maximum absolute atomic E-state index is 12.5. The summed E-state index contributed by atoms with van der Waals surface area (Å²) in [6, 6.07) is 2.64. The van der Waals surface area contributed by atoms with E-state index < -0.39 is 16.0 Å². The van der Waals surface area contributed by atoms with E-state index in [4.69, 9.17) is 5.11 Å². The molecule has 1 aromatic rings. The number of hydrogen-bond donors (Lipinski definition) is 2. The summed E-state index contributed by atoms with van der Waals surface area (Å²) >= 11 is 3.21. The van der Waals surface area contributed by atoms with Crippen LogP contribution in [0.1, 0.15) is 22.3 Å². The molecule has 8 heteroatoms. The van der Waals surface area contributed by atoms with E-state index in [0.717, 1.165) is 0 Å². The summed E-state index contributed by atoms with van der Waals surface area (Å²) < 4.78 is 26.6. The lowest BCUT2D eigenvalue weighted by Crippen LogP contribution is -2.29. The highest BCUT2D eigenvalue weighted by Crippen LogP contribution is 2.26. The minimum Gasteiger partial charge on any atom is -0.478 e. The third kappa shape index (κ3) is 4.26. The summed E-state index contributed by atoms with van der Waals surface area (Å²) in [5, 5.41) is 12.1. The van der Waals surface area contributed by atoms with Gasteiger partial charge < -0.3 is 10.4 Å². The number of carboxylic acid groups (broad SMARTS) is 1. The molecule has 0 aliphatic rings. The van der Waals surface area contributed by atoms with Gasteiger partial charge in [0.05, 0.1) is 10.5 Å². The highest BCUT2D eigenvalue weighted by Gasteiger charge is 2.23. The van der Waals surface area contributed by atoms with E-state index >= 15 is 0 Å². The zero-order valence-corrected chi connectivity index (χ0v) is 14.6. The number of rotatable bonds is 7. The Bertz CT molecular complexity index is 631. The average Bonchev–Trinajstić information content (AvgIpc) is 2.41. The van der Waals surface area contributed by atoms with Crippen molar-refractivity contribution in [2.24, 2.45) is 0 Å². The quantitative estimate of drug-likeness (QED) is 0.704. The zero-order valence-electron chi connectivity index (χ0n) is 12.2. The van der Waals surface area contributed by atoms with Crippen LogP contribution >= 0.6 is 15.9 Å². The van der Waals surface area contributed by atoms with Crippen LogP contribution in [0, 0.1) is 6.92 Å². The van der Waals surface area contributed by atoms with Crippen molar-refractivity contribution < 1.29 is 18.3 Å². The molecular formula is C13H19BrN2O4S. The number of carbonyl (C=O) groups is 1. The average molecular weight is 379 g/mol. The third-order valence-corrected chi connectivity index (χ3v) is 5.81. The smallest absolute Gasteiger partial charge is 0.336 e. The van der Waals surface area contributed by atoms with Gasteiger partial charge >= 0.3 is 5.97 Å². The molecule has 0 fully saturated rings. The fraction of sp³-hybridized carbons (Fsp3) is 0.462. The zero-order chi connectivity index (χ0) is 16.2. The minimum absolute atomic E-state index is 0.0217. The van der Waals surface area contributed by atoms with Gasteiger partial charge in [-0.2, -0.15) is 0 Å². The Labute approximate surface area is 133 Å². The molecule has 0 amide bonds. The van der Waals surface area contributed by atoms with Crippen LogP contribution in [0.2, 0.25) is 0 Å². The van der Waals surface area contributed by atoms with Gasteiger partial charge in [0.2, 0.25) is 10.0 Å². The van der Waals surface area contributed by atoms with E-state index in [1.54, 1.807) is 14.0 Å². The minimum atomic E-state index is -3.70. The molecule has 1 rings (SSSR count). The maximum Gasteiger partial charge on any atom is 0.336 e. The lowest BCUT2D eigenvalue weighted by Gasteiger charge is -2.18. The second-order valence-electron chi connectivity index (χ2n) is 4.67. The van der Waals surface area contributed by atoms with Gasteiger partial charge in [-0.05, 0) is 44.6 Å². The fourth-order valence-corrected chi connectivity index (χ4v) is 3.68. The van der Waals surface area contributed by atoms with Crippen LogP contribution in [0.15, 0.2) is 21.5 Å². The molecule has 2 N–H and O–H groups in total. The van der Waals surface area contributed by atoms with Gasteiger partial charge in [0.1, 0.15) is 0 Å². The molecule has 118 valence electrons. The standard InChI is InChI=1S/C13H19BrN2O4S/c1-9-11(13(17)18)7-10(8-12(9)14)21(19,20)16(3)6-4-5-15-2/h7-8,15H,4-6H2,1-3H3,(H,17,18). The van der Waals surface area contributed by atoms with Crippen LogP contribution in [0.25, 0.3) is 0 Å². The Morgan fingerprint density at radius 3 is 2.57 bits per heavy atom. The summed E-state index contributed by atoms with van der Waals surface area (Å²) in [5.41, 5.74) is 0.478. The van der Waals surface area contributed by atoms with E-state index in [-0.39, 0.29) is 10.5 Å². The SMILES string of the molecule is CNCCCN(C)S(=O)(=O)c1cc(Br)c(C)c(C(=O)O)c1. The number of hydrogen-bond acceptors (Lipinski definition) is 4. The Balaban J connectivity index is 3.17. The lowest BCUT2D eigenvalue weighted by molar-refractivity contribution is 0.0695. The van der Waals surface area contributed by atoms with Crippen molar-refractivity contribution in [3.05, 3.63) is 27.7 Å². The Hall–Kier alpha value is -0.960. The summed E-state index contributed by atoms with van der Waals surface area (Å²) in [7, 11) is -0.421. The maximum atomic E-state index is 12.5. The Morgan fingerprint density at radius 1 is 1.43 bits per heavy atom. The van der Waals surface area contributed by atoms with Crippen LogP contribution in [-0.4, -0.2) is 51.0 Å². The summed E-state index contributed by atoms with van der Waals surface area (Å²) in [5.74, 6) is -1.15. The van der Waals surface area contributed by atoms with Crippen LogP contribution in [0.4, 0.5) is 0 Å². The number of carboxylic acids is 1. The van der Waals surface area contributed by atoms with Crippen molar-refractivity contribution >= 4 is 31.9 Å². The fourth-order valence-electron chi connectivity index (χ4n) is 1.80. The van der Waals surface area contributed by atoms with Crippen molar-refractivity contribution in [1.82, 2.24) is 9.62 Å². The van der Waals surface area contributed by atoms with Gasteiger partial charge in [0.25, 0.3) is 0 Å². The number of benzene rings is 1. The number of nitrogens with one attached hydrogen (secondary N) is 1. The van der Waals surface area contributed by atoms with E-state index in [0.29, 0.717) is 29.5 Å². The molecule has 0 aliphatic heterocycles. The molecule has 0 saturated carbocycles. The van der Waals surface area contributed by atoms with Crippen LogP contribution in [0.5, 0.6) is 0 Å². The molecular weight excluding hydrogens is 360 g/mol. The molecule has 0 atom stereocenters. The number of sulfonamides is 1. The third-order valence-electron chi connectivity index (χ3n) is 3.16. The first kappa shape index (κ1) is 18.1. The predicted molar refractivity (Wildman–Crippen MR) is 84.2 cm³/mol. The molecule has 0 bridgehead atoms. The first-order valence-corrected chi connectivity index (χ1v) is 8.59. The first-order valence-electron chi connectivity index (χ1n) is 6.36. The summed E-state index contributed by atoms with van der Waals surface area (Å²) in [6.07, 6.45) is 0.672. The molecule has 21 heavy (non-hydrogen) atoms. The topological polar surface area (TPSA) is 86.7 Å². The molecule has 6 nitrogen and oxygen atoms in total. The van der Waals surface area contributed by atoms with Gasteiger partial charge in [0, 0.05) is 18.1 Å². The van der Waals surface area contributed by atoms with E-state index in [2.05, 4.69) is 21.2 Å². The second-order valence-corrected chi connectivity index (χ2v) is 7.57. The van der Waals surface area contributed by atoms with Gasteiger partial charge in [-0.15, -0.1) is 0 Å². The summed E-state index contributed by atoms with van der Waals surface area (Å²) in [4.78, 5) is 11.2. The predicted octanol–water partition coefficient (Wildman–Crippen LogP) is 1.69. The molecule has 0 aromatic heterocycles. The number of aromatic carboxylic acids is 1. The Morgan fingerprint density at radius 2 is 2.05 bits per heavy atom. The molecule has 0 heterocycles. The van der Waals surface area contributed by atoms with Gasteiger partial charge in [-0.3, -0.25) is 0 Å². The van der Waals surface area contributed by atoms with E-state index in [9.17, 15) is 13.2 Å². The first-order chi connectivity index (χ1) is 9.71. The van der Waals surface area contributed by atoms with Crippen LogP contribution in [0.3, 0.4) is 0 Å². The van der Waals surface area contributed by atoms with Gasteiger partial charge in [-0.25, -0.2) is 17.5 Å². The monoisotopic (exact) mass is 378 g/mol. The molecule has 0 spiro atoms. The van der Waals surface area contributed by atoms with Crippen LogP contribution in [-0.2, 0) is 10.0 Å². The van der Waals surface area contributed by atoms with Crippen molar-refractivity contribution in [3.8, 4) is 0 Å². The largest absolute Gasteiger partial charge is 0.478 e. The summed E-state index contributed by atoms with van der Waals surface area (Å²) in [6.45, 7) is 2.69. The van der Waals surface area contributed by atoms with Crippen molar-refractivity contribution in [1.29, 1.82) is 0 Å². The number of halogens is 1. The van der Waals surface area contributed by atoms with Gasteiger partial charge in [-0.1, -0.05) is 15.9 Å². The molecule has 1 aromatic carbocycles. The van der Waals surface area contributed by atoms with Crippen molar-refractivity contribution in [2.45, 2.75) is 18.2 Å².